The van der Waals surface area contributed by atoms with Crippen LogP contribution in [0.25, 0.3) is 0 Å². The Kier molecular flexibility index (Phi) is 4.40. The molecule has 1 atom stereocenters. The maximum absolute atomic E-state index is 8.63. The number of rotatable bonds is 4. The zero-order chi connectivity index (χ0) is 14.8. The zero-order valence-corrected chi connectivity index (χ0v) is 12.4. The van der Waals surface area contributed by atoms with Gasteiger partial charge in [-0.05, 0) is 44.9 Å². The number of nitrogens with zero attached hydrogens (tertiary/aromatic N) is 1. The number of oxime groups is 1. The van der Waals surface area contributed by atoms with Crippen LogP contribution in [-0.4, -0.2) is 29.4 Å². The summed E-state index contributed by atoms with van der Waals surface area (Å²) in [7, 11) is 0. The van der Waals surface area contributed by atoms with Crippen LogP contribution in [0.5, 0.6) is 5.75 Å². The predicted octanol–water partition coefficient (Wildman–Crippen LogP) is 2.77. The first-order valence-electron chi connectivity index (χ1n) is 6.49. The van der Waals surface area contributed by atoms with Gasteiger partial charge in [0.15, 0.2) is 5.84 Å². The fourth-order valence-electron chi connectivity index (χ4n) is 2.23. The lowest BCUT2D eigenvalue weighted by Gasteiger charge is -2.19. The van der Waals surface area contributed by atoms with Gasteiger partial charge >= 0.3 is 0 Å². The first-order chi connectivity index (χ1) is 9.41. The molecule has 0 radical (unpaired) electrons. The minimum absolute atomic E-state index is 0.0255. The molecule has 1 aliphatic heterocycles. The van der Waals surface area contributed by atoms with E-state index in [1.165, 1.54) is 0 Å². The lowest BCUT2D eigenvalue weighted by atomic mass is 10.1. The van der Waals surface area contributed by atoms with E-state index in [9.17, 15) is 0 Å². The van der Waals surface area contributed by atoms with Crippen LogP contribution in [-0.2, 0) is 4.74 Å². The summed E-state index contributed by atoms with van der Waals surface area (Å²) in [5.74, 6) is 0.611. The molecule has 6 heteroatoms. The average Bonchev–Trinajstić information content (AvgIpc) is 2.75. The number of ether oxygens (including phenoxy) is 2. The van der Waals surface area contributed by atoms with Crippen LogP contribution in [0.2, 0.25) is 5.02 Å². The first-order valence-corrected chi connectivity index (χ1v) is 6.87. The molecule has 1 heterocycles. The van der Waals surface area contributed by atoms with Gasteiger partial charge in [-0.3, -0.25) is 0 Å². The van der Waals surface area contributed by atoms with E-state index < -0.39 is 0 Å². The van der Waals surface area contributed by atoms with Crippen LogP contribution >= 0.6 is 11.6 Å². The van der Waals surface area contributed by atoms with E-state index in [4.69, 9.17) is 32.0 Å². The Bertz CT molecular complexity index is 517. The van der Waals surface area contributed by atoms with Crippen LogP contribution in [0.1, 0.15) is 32.3 Å². The van der Waals surface area contributed by atoms with Gasteiger partial charge in [-0.1, -0.05) is 16.8 Å². The van der Waals surface area contributed by atoms with Crippen molar-refractivity contribution in [3.8, 4) is 5.75 Å². The molecule has 1 aromatic rings. The van der Waals surface area contributed by atoms with E-state index in [1.54, 1.807) is 18.2 Å². The van der Waals surface area contributed by atoms with Crippen molar-refractivity contribution in [2.24, 2.45) is 10.9 Å². The highest BCUT2D eigenvalue weighted by Crippen LogP contribution is 2.30. The third-order valence-corrected chi connectivity index (χ3v) is 3.63. The molecule has 20 heavy (non-hydrogen) atoms. The highest BCUT2D eigenvalue weighted by Gasteiger charge is 2.31. The molecule has 1 aromatic carbocycles. The molecule has 5 nitrogen and oxygen atoms in total. The summed E-state index contributed by atoms with van der Waals surface area (Å²) in [6.45, 7) is 4.65. The topological polar surface area (TPSA) is 77.1 Å². The molecule has 0 aromatic heterocycles. The van der Waals surface area contributed by atoms with Crippen LogP contribution < -0.4 is 10.5 Å². The van der Waals surface area contributed by atoms with Crippen molar-refractivity contribution in [1.82, 2.24) is 0 Å². The van der Waals surface area contributed by atoms with Crippen molar-refractivity contribution in [3.63, 3.8) is 0 Å². The highest BCUT2D eigenvalue weighted by molar-refractivity contribution is 6.34. The summed E-state index contributed by atoms with van der Waals surface area (Å²) >= 11 is 6.06. The minimum Gasteiger partial charge on any atom is -0.491 e. The second-order valence-corrected chi connectivity index (χ2v) is 5.88. The van der Waals surface area contributed by atoms with Crippen LogP contribution in [0.4, 0.5) is 0 Å². The van der Waals surface area contributed by atoms with E-state index in [0.29, 0.717) is 22.9 Å². The molecular formula is C14H19ClN2O3. The number of hydrogen-bond donors (Lipinski definition) is 2. The number of benzene rings is 1. The quantitative estimate of drug-likeness (QED) is 0.388. The Morgan fingerprint density at radius 1 is 1.60 bits per heavy atom. The summed E-state index contributed by atoms with van der Waals surface area (Å²) in [5, 5.41) is 11.9. The summed E-state index contributed by atoms with van der Waals surface area (Å²) < 4.78 is 11.5. The van der Waals surface area contributed by atoms with Gasteiger partial charge in [0.1, 0.15) is 12.4 Å². The second-order valence-electron chi connectivity index (χ2n) is 5.48. The van der Waals surface area contributed by atoms with Crippen molar-refractivity contribution in [2.75, 3.05) is 6.61 Å². The molecule has 1 saturated heterocycles. The molecule has 0 amide bonds. The van der Waals surface area contributed by atoms with Gasteiger partial charge in [0.2, 0.25) is 0 Å². The van der Waals surface area contributed by atoms with E-state index in [1.807, 2.05) is 0 Å². The van der Waals surface area contributed by atoms with Crippen molar-refractivity contribution < 1.29 is 14.7 Å². The fraction of sp³-hybridized carbons (Fsp3) is 0.500. The molecule has 2 rings (SSSR count). The monoisotopic (exact) mass is 298 g/mol. The average molecular weight is 299 g/mol. The summed E-state index contributed by atoms with van der Waals surface area (Å²) in [4.78, 5) is 0. The summed E-state index contributed by atoms with van der Waals surface area (Å²) in [6, 6.07) is 5.04. The van der Waals surface area contributed by atoms with Gasteiger partial charge in [-0.25, -0.2) is 0 Å². The Morgan fingerprint density at radius 3 is 2.90 bits per heavy atom. The number of hydrogen-bond acceptors (Lipinski definition) is 4. The Labute approximate surface area is 123 Å². The SMILES string of the molecule is CC1(C)CCC(COc2ccc(/C(N)=N/O)c(Cl)c2)O1. The summed E-state index contributed by atoms with van der Waals surface area (Å²) in [5.41, 5.74) is 5.91. The molecule has 1 fully saturated rings. The van der Waals surface area contributed by atoms with Crippen LogP contribution in [0.15, 0.2) is 23.4 Å². The number of amidine groups is 1. The van der Waals surface area contributed by atoms with Crippen molar-refractivity contribution in [2.45, 2.75) is 38.4 Å². The molecule has 0 spiro atoms. The zero-order valence-electron chi connectivity index (χ0n) is 11.6. The van der Waals surface area contributed by atoms with Crippen LogP contribution in [0, 0.1) is 0 Å². The van der Waals surface area contributed by atoms with Gasteiger partial charge in [-0.2, -0.15) is 0 Å². The predicted molar refractivity (Wildman–Crippen MR) is 77.6 cm³/mol. The Balaban J connectivity index is 1.96. The van der Waals surface area contributed by atoms with E-state index >= 15 is 0 Å². The lowest BCUT2D eigenvalue weighted by Crippen LogP contribution is -2.23. The standard InChI is InChI=1S/C14H19ClN2O3/c1-14(2)6-5-10(20-14)8-19-9-3-4-11(12(15)7-9)13(16)17-18/h3-4,7,10,18H,5-6,8H2,1-2H3,(H2,16,17). The minimum atomic E-state index is -0.0679. The molecule has 110 valence electrons. The van der Waals surface area contributed by atoms with E-state index in [2.05, 4.69) is 19.0 Å². The maximum Gasteiger partial charge on any atom is 0.171 e. The fourth-order valence-corrected chi connectivity index (χ4v) is 2.50. The molecule has 3 N–H and O–H groups in total. The lowest BCUT2D eigenvalue weighted by molar-refractivity contribution is -0.0326. The van der Waals surface area contributed by atoms with Crippen molar-refractivity contribution >= 4 is 17.4 Å². The van der Waals surface area contributed by atoms with Crippen LogP contribution in [0.3, 0.4) is 0 Å². The van der Waals surface area contributed by atoms with E-state index in [0.717, 1.165) is 12.8 Å². The smallest absolute Gasteiger partial charge is 0.171 e. The third-order valence-electron chi connectivity index (χ3n) is 3.31. The highest BCUT2D eigenvalue weighted by atomic mass is 35.5. The second kappa shape index (κ2) is 5.89. The number of nitrogens with two attached hydrogens (primary N) is 1. The normalized spacial score (nSPS) is 21.9. The molecule has 1 aliphatic rings. The molecule has 0 bridgehead atoms. The van der Waals surface area contributed by atoms with E-state index in [-0.39, 0.29) is 17.5 Å². The summed E-state index contributed by atoms with van der Waals surface area (Å²) in [6.07, 6.45) is 2.13. The Hall–Kier alpha value is -1.46. The first kappa shape index (κ1) is 14.9. The third kappa shape index (κ3) is 3.55. The maximum atomic E-state index is 8.63. The van der Waals surface area contributed by atoms with Gasteiger partial charge in [-0.15, -0.1) is 0 Å². The molecule has 1 unspecified atom stereocenters. The Morgan fingerprint density at radius 2 is 2.35 bits per heavy atom. The van der Waals surface area contributed by atoms with Gasteiger partial charge in [0.05, 0.1) is 16.7 Å². The molecule has 0 saturated carbocycles. The largest absolute Gasteiger partial charge is 0.491 e. The molecule has 0 aliphatic carbocycles. The van der Waals surface area contributed by atoms with Gasteiger partial charge in [0, 0.05) is 5.56 Å². The van der Waals surface area contributed by atoms with Gasteiger partial charge in [0.25, 0.3) is 0 Å². The molecular weight excluding hydrogens is 280 g/mol. The van der Waals surface area contributed by atoms with Crippen molar-refractivity contribution in [3.05, 3.63) is 28.8 Å². The van der Waals surface area contributed by atoms with Crippen molar-refractivity contribution in [1.29, 1.82) is 0 Å². The van der Waals surface area contributed by atoms with Gasteiger partial charge < -0.3 is 20.4 Å². The number of halogens is 1.